The first-order valence-electron chi connectivity index (χ1n) is 5.26. The van der Waals surface area contributed by atoms with Gasteiger partial charge in [-0.05, 0) is 32.4 Å². The summed E-state index contributed by atoms with van der Waals surface area (Å²) in [7, 11) is 0. The van der Waals surface area contributed by atoms with Crippen LogP contribution in [0.2, 0.25) is 0 Å². The highest BCUT2D eigenvalue weighted by Crippen LogP contribution is 2.29. The molecule has 2 rings (SSSR count). The lowest BCUT2D eigenvalue weighted by Gasteiger charge is -2.32. The molecule has 1 atom stereocenters. The van der Waals surface area contributed by atoms with Crippen LogP contribution in [-0.2, 0) is 16.0 Å². The standard InChI is InChI=1S/C13H14O3/c1-8-4-5-11-10(6-8)7-13(3,9(2)14)16-12(11)15/h4-6H,7H2,1-3H3. The molecule has 0 radical (unpaired) electrons. The molecule has 3 heteroatoms. The van der Waals surface area contributed by atoms with E-state index in [2.05, 4.69) is 0 Å². The minimum Gasteiger partial charge on any atom is -0.447 e. The first-order valence-corrected chi connectivity index (χ1v) is 5.26. The Labute approximate surface area is 94.4 Å². The minimum atomic E-state index is -1.00. The summed E-state index contributed by atoms with van der Waals surface area (Å²) in [5.74, 6) is -0.521. The molecule has 1 unspecified atom stereocenters. The molecule has 0 saturated carbocycles. The lowest BCUT2D eigenvalue weighted by atomic mass is 9.87. The normalized spacial score (nSPS) is 23.6. The third-order valence-corrected chi connectivity index (χ3v) is 3.07. The lowest BCUT2D eigenvalue weighted by Crippen LogP contribution is -2.44. The molecule has 1 aliphatic rings. The van der Waals surface area contributed by atoms with Crippen molar-refractivity contribution in [2.75, 3.05) is 0 Å². The van der Waals surface area contributed by atoms with Gasteiger partial charge in [0.1, 0.15) is 0 Å². The fourth-order valence-corrected chi connectivity index (χ4v) is 1.92. The van der Waals surface area contributed by atoms with Crippen molar-refractivity contribution < 1.29 is 14.3 Å². The zero-order chi connectivity index (χ0) is 11.9. The van der Waals surface area contributed by atoms with E-state index < -0.39 is 11.6 Å². The predicted octanol–water partition coefficient (Wildman–Crippen LogP) is 2.06. The molecule has 1 heterocycles. The second-order valence-corrected chi connectivity index (χ2v) is 4.51. The topological polar surface area (TPSA) is 43.4 Å². The molecular weight excluding hydrogens is 204 g/mol. The molecule has 1 aliphatic heterocycles. The molecule has 0 fully saturated rings. The molecule has 0 bridgehead atoms. The highest BCUT2D eigenvalue weighted by molar-refractivity contribution is 5.97. The van der Waals surface area contributed by atoms with Crippen LogP contribution in [-0.4, -0.2) is 17.4 Å². The number of fused-ring (bicyclic) bond motifs is 1. The maximum atomic E-state index is 11.7. The van der Waals surface area contributed by atoms with Gasteiger partial charge in [-0.3, -0.25) is 4.79 Å². The molecule has 0 spiro atoms. The molecule has 3 nitrogen and oxygen atoms in total. The maximum absolute atomic E-state index is 11.7. The van der Waals surface area contributed by atoms with Crippen molar-refractivity contribution >= 4 is 11.8 Å². The van der Waals surface area contributed by atoms with Gasteiger partial charge in [-0.1, -0.05) is 17.7 Å². The summed E-state index contributed by atoms with van der Waals surface area (Å²) in [5.41, 5.74) is 1.55. The molecule has 0 amide bonds. The summed E-state index contributed by atoms with van der Waals surface area (Å²) in [6, 6.07) is 5.57. The highest BCUT2D eigenvalue weighted by Gasteiger charge is 2.40. The van der Waals surface area contributed by atoms with E-state index in [-0.39, 0.29) is 5.78 Å². The van der Waals surface area contributed by atoms with Crippen molar-refractivity contribution in [3.05, 3.63) is 34.9 Å². The molecule has 0 aromatic heterocycles. The largest absolute Gasteiger partial charge is 0.447 e. The molecule has 0 N–H and O–H groups in total. The van der Waals surface area contributed by atoms with Crippen LogP contribution < -0.4 is 0 Å². The number of carbonyl (C=O) groups excluding carboxylic acids is 2. The summed E-state index contributed by atoms with van der Waals surface area (Å²) in [5, 5.41) is 0. The van der Waals surface area contributed by atoms with E-state index in [1.807, 2.05) is 19.1 Å². The van der Waals surface area contributed by atoms with E-state index in [4.69, 9.17) is 4.74 Å². The molecular formula is C13H14O3. The molecule has 16 heavy (non-hydrogen) atoms. The Kier molecular flexibility index (Phi) is 2.34. The van der Waals surface area contributed by atoms with Crippen LogP contribution in [0.4, 0.5) is 0 Å². The fourth-order valence-electron chi connectivity index (χ4n) is 1.92. The average Bonchev–Trinajstić information content (AvgIpc) is 2.16. The molecule has 84 valence electrons. The van der Waals surface area contributed by atoms with E-state index in [1.165, 1.54) is 6.92 Å². The van der Waals surface area contributed by atoms with Crippen molar-refractivity contribution in [3.63, 3.8) is 0 Å². The Balaban J connectivity index is 2.50. The number of hydrogen-bond acceptors (Lipinski definition) is 3. The van der Waals surface area contributed by atoms with Gasteiger partial charge in [0.15, 0.2) is 11.4 Å². The van der Waals surface area contributed by atoms with Crippen molar-refractivity contribution in [3.8, 4) is 0 Å². The third kappa shape index (κ3) is 1.62. The Bertz CT molecular complexity index is 476. The Morgan fingerprint density at radius 2 is 2.12 bits per heavy atom. The van der Waals surface area contributed by atoms with E-state index in [1.54, 1.807) is 13.0 Å². The van der Waals surface area contributed by atoms with Gasteiger partial charge < -0.3 is 4.74 Å². The molecule has 1 aromatic carbocycles. The van der Waals surface area contributed by atoms with Gasteiger partial charge >= 0.3 is 5.97 Å². The number of ether oxygens (including phenoxy) is 1. The van der Waals surface area contributed by atoms with Crippen LogP contribution in [0.15, 0.2) is 18.2 Å². The van der Waals surface area contributed by atoms with Crippen LogP contribution in [0.5, 0.6) is 0 Å². The number of cyclic esters (lactones) is 1. The van der Waals surface area contributed by atoms with Crippen molar-refractivity contribution in [2.24, 2.45) is 0 Å². The SMILES string of the molecule is CC(=O)C1(C)Cc2cc(C)ccc2C(=O)O1. The Morgan fingerprint density at radius 1 is 1.44 bits per heavy atom. The van der Waals surface area contributed by atoms with E-state index in [9.17, 15) is 9.59 Å². The maximum Gasteiger partial charge on any atom is 0.339 e. The number of rotatable bonds is 1. The first kappa shape index (κ1) is 10.9. The average molecular weight is 218 g/mol. The van der Waals surface area contributed by atoms with Gasteiger partial charge in [0, 0.05) is 6.42 Å². The number of Topliss-reactive ketones (excluding diaryl/α,β-unsaturated/α-hetero) is 1. The monoisotopic (exact) mass is 218 g/mol. The number of benzene rings is 1. The Morgan fingerprint density at radius 3 is 2.75 bits per heavy atom. The van der Waals surface area contributed by atoms with Crippen molar-refractivity contribution in [1.29, 1.82) is 0 Å². The highest BCUT2D eigenvalue weighted by atomic mass is 16.6. The van der Waals surface area contributed by atoms with Crippen LogP contribution in [0.25, 0.3) is 0 Å². The second-order valence-electron chi connectivity index (χ2n) is 4.51. The lowest BCUT2D eigenvalue weighted by molar-refractivity contribution is -0.135. The summed E-state index contributed by atoms with van der Waals surface area (Å²) < 4.78 is 5.21. The van der Waals surface area contributed by atoms with Crippen LogP contribution in [0.1, 0.15) is 35.3 Å². The Hall–Kier alpha value is -1.64. The number of hydrogen-bond donors (Lipinski definition) is 0. The summed E-state index contributed by atoms with van der Waals surface area (Å²) >= 11 is 0. The van der Waals surface area contributed by atoms with E-state index in [0.29, 0.717) is 12.0 Å². The van der Waals surface area contributed by atoms with E-state index in [0.717, 1.165) is 11.1 Å². The molecule has 0 aliphatic carbocycles. The van der Waals surface area contributed by atoms with Crippen molar-refractivity contribution in [2.45, 2.75) is 32.8 Å². The fraction of sp³-hybridized carbons (Fsp3) is 0.385. The number of esters is 1. The number of aryl methyl sites for hydroxylation is 1. The quantitative estimate of drug-likeness (QED) is 0.677. The second kappa shape index (κ2) is 3.44. The summed E-state index contributed by atoms with van der Waals surface area (Å²) in [6.07, 6.45) is 0.463. The van der Waals surface area contributed by atoms with Crippen LogP contribution in [0, 0.1) is 6.92 Å². The first-order chi connectivity index (χ1) is 7.42. The predicted molar refractivity (Wildman–Crippen MR) is 59.4 cm³/mol. The number of carbonyl (C=O) groups is 2. The van der Waals surface area contributed by atoms with E-state index >= 15 is 0 Å². The van der Waals surface area contributed by atoms with Crippen LogP contribution in [0.3, 0.4) is 0 Å². The third-order valence-electron chi connectivity index (χ3n) is 3.07. The summed E-state index contributed by atoms with van der Waals surface area (Å²) in [6.45, 7) is 5.08. The van der Waals surface area contributed by atoms with Gasteiger partial charge in [0.2, 0.25) is 0 Å². The minimum absolute atomic E-state index is 0.118. The zero-order valence-corrected chi connectivity index (χ0v) is 9.66. The van der Waals surface area contributed by atoms with Gasteiger partial charge in [-0.25, -0.2) is 4.79 Å². The molecule has 1 aromatic rings. The van der Waals surface area contributed by atoms with Gasteiger partial charge in [0.05, 0.1) is 5.56 Å². The van der Waals surface area contributed by atoms with Crippen molar-refractivity contribution in [1.82, 2.24) is 0 Å². The smallest absolute Gasteiger partial charge is 0.339 e. The number of ketones is 1. The zero-order valence-electron chi connectivity index (χ0n) is 9.66. The van der Waals surface area contributed by atoms with Gasteiger partial charge in [-0.15, -0.1) is 0 Å². The molecule has 0 saturated heterocycles. The van der Waals surface area contributed by atoms with Crippen LogP contribution >= 0.6 is 0 Å². The summed E-state index contributed by atoms with van der Waals surface area (Å²) in [4.78, 5) is 23.2. The van der Waals surface area contributed by atoms with Gasteiger partial charge in [0.25, 0.3) is 0 Å². The van der Waals surface area contributed by atoms with Gasteiger partial charge in [-0.2, -0.15) is 0 Å².